The van der Waals surface area contributed by atoms with Gasteiger partial charge < -0.3 is 4.85 Å². The first kappa shape index (κ1) is 9.49. The van der Waals surface area contributed by atoms with Crippen LogP contribution in [0.5, 0.6) is 0 Å². The molecule has 0 N–H and O–H groups in total. The van der Waals surface area contributed by atoms with Gasteiger partial charge >= 0.3 is 0 Å². The van der Waals surface area contributed by atoms with Gasteiger partial charge in [0.05, 0.1) is 0 Å². The minimum absolute atomic E-state index is 0.134. The smallest absolute Gasteiger partial charge is 0.220 e. The van der Waals surface area contributed by atoms with Crippen molar-refractivity contribution >= 4 is 0 Å². The van der Waals surface area contributed by atoms with Crippen molar-refractivity contribution in [3.8, 4) is 0 Å². The summed E-state index contributed by atoms with van der Waals surface area (Å²) in [5.74, 6) is 0. The van der Waals surface area contributed by atoms with E-state index in [9.17, 15) is 0 Å². The first-order chi connectivity index (χ1) is 4.31. The van der Waals surface area contributed by atoms with Crippen molar-refractivity contribution in [2.75, 3.05) is 6.54 Å². The summed E-state index contributed by atoms with van der Waals surface area (Å²) >= 11 is 0. The Morgan fingerprint density at radius 1 is 1.10 bits per heavy atom. The fraction of sp³-hybridized carbons (Fsp3) is 0.889. The second kappa shape index (κ2) is 2.62. The molecule has 0 saturated heterocycles. The molecule has 0 aromatic carbocycles. The topological polar surface area (TPSA) is 4.36 Å². The predicted octanol–water partition coefficient (Wildman–Crippen LogP) is 2.98. The van der Waals surface area contributed by atoms with E-state index >= 15 is 0 Å². The molecular formula is C9H17N. The molecule has 10 heavy (non-hydrogen) atoms. The van der Waals surface area contributed by atoms with Crippen LogP contribution in [-0.2, 0) is 0 Å². The lowest BCUT2D eigenvalue weighted by atomic mass is 9.69. The maximum atomic E-state index is 6.76. The zero-order valence-corrected chi connectivity index (χ0v) is 7.65. The van der Waals surface area contributed by atoms with E-state index in [-0.39, 0.29) is 10.8 Å². The monoisotopic (exact) mass is 139 g/mol. The fourth-order valence-corrected chi connectivity index (χ4v) is 0.435. The summed E-state index contributed by atoms with van der Waals surface area (Å²) in [4.78, 5) is 3.42. The van der Waals surface area contributed by atoms with Gasteiger partial charge in [-0.25, -0.2) is 6.57 Å². The number of rotatable bonds is 1. The second-order valence-corrected chi connectivity index (χ2v) is 4.45. The van der Waals surface area contributed by atoms with E-state index in [1.54, 1.807) is 0 Å². The van der Waals surface area contributed by atoms with Crippen LogP contribution in [0, 0.1) is 17.4 Å². The van der Waals surface area contributed by atoms with E-state index in [1.807, 2.05) is 0 Å². The third-order valence-electron chi connectivity index (χ3n) is 2.50. The molecule has 0 spiro atoms. The van der Waals surface area contributed by atoms with Gasteiger partial charge in [-0.3, -0.25) is 0 Å². The summed E-state index contributed by atoms with van der Waals surface area (Å²) in [5.41, 5.74) is 0.367. The average Bonchev–Trinajstić information content (AvgIpc) is 1.61. The Bertz CT molecular complexity index is 143. The summed E-state index contributed by atoms with van der Waals surface area (Å²) in [6.45, 7) is 18.2. The molecule has 0 saturated carbocycles. The van der Waals surface area contributed by atoms with Crippen molar-refractivity contribution in [3.05, 3.63) is 11.4 Å². The lowest BCUT2D eigenvalue weighted by Gasteiger charge is -2.34. The first-order valence-corrected chi connectivity index (χ1v) is 3.64. The average molecular weight is 139 g/mol. The molecule has 0 unspecified atom stereocenters. The molecule has 0 aliphatic rings. The largest absolute Gasteiger partial charge is 0.316 e. The molecule has 58 valence electrons. The molecule has 1 nitrogen and oxygen atoms in total. The highest BCUT2D eigenvalue weighted by atomic mass is 14.7. The predicted molar refractivity (Wildman–Crippen MR) is 44.7 cm³/mol. The zero-order valence-electron chi connectivity index (χ0n) is 7.65. The van der Waals surface area contributed by atoms with Crippen molar-refractivity contribution in [1.82, 2.24) is 0 Å². The van der Waals surface area contributed by atoms with Crippen molar-refractivity contribution in [2.45, 2.75) is 34.6 Å². The number of nitrogens with zero attached hydrogens (tertiary/aromatic N) is 1. The quantitative estimate of drug-likeness (QED) is 0.492. The van der Waals surface area contributed by atoms with Crippen molar-refractivity contribution < 1.29 is 0 Å². The van der Waals surface area contributed by atoms with Gasteiger partial charge in [0.1, 0.15) is 0 Å². The minimum Gasteiger partial charge on any atom is -0.316 e. The third kappa shape index (κ3) is 2.02. The third-order valence-corrected chi connectivity index (χ3v) is 2.50. The Labute approximate surface area is 64.3 Å². The molecule has 0 aliphatic carbocycles. The fourth-order valence-electron chi connectivity index (χ4n) is 0.435. The van der Waals surface area contributed by atoms with Crippen LogP contribution >= 0.6 is 0 Å². The standard InChI is InChI=1S/C9H17N/c1-8(2,3)9(4,5)7-10-6/h7H2,1-5H3. The lowest BCUT2D eigenvalue weighted by Crippen LogP contribution is -2.31. The van der Waals surface area contributed by atoms with Crippen LogP contribution < -0.4 is 0 Å². The Balaban J connectivity index is 4.28. The summed E-state index contributed by atoms with van der Waals surface area (Å²) in [6, 6.07) is 0. The molecule has 0 amide bonds. The van der Waals surface area contributed by atoms with Crippen LogP contribution in [0.25, 0.3) is 4.85 Å². The highest BCUT2D eigenvalue weighted by Gasteiger charge is 2.35. The molecule has 0 rings (SSSR count). The molecule has 0 radical (unpaired) electrons. The van der Waals surface area contributed by atoms with Crippen LogP contribution in [0.3, 0.4) is 0 Å². The van der Waals surface area contributed by atoms with Gasteiger partial charge in [0.2, 0.25) is 6.54 Å². The van der Waals surface area contributed by atoms with Gasteiger partial charge in [-0.05, 0) is 5.41 Å². The summed E-state index contributed by atoms with van der Waals surface area (Å²) < 4.78 is 0. The molecule has 0 bridgehead atoms. The molecular weight excluding hydrogens is 122 g/mol. The van der Waals surface area contributed by atoms with Gasteiger partial charge in [-0.2, -0.15) is 0 Å². The van der Waals surface area contributed by atoms with E-state index in [2.05, 4.69) is 39.5 Å². The summed E-state index contributed by atoms with van der Waals surface area (Å²) in [6.07, 6.45) is 0. The van der Waals surface area contributed by atoms with Gasteiger partial charge in [-0.15, -0.1) is 0 Å². The normalized spacial score (nSPS) is 12.8. The molecule has 0 aliphatic heterocycles. The van der Waals surface area contributed by atoms with Crippen LogP contribution in [0.2, 0.25) is 0 Å². The zero-order chi connectivity index (χ0) is 8.41. The summed E-state index contributed by atoms with van der Waals surface area (Å²) in [7, 11) is 0. The Morgan fingerprint density at radius 3 is 1.60 bits per heavy atom. The van der Waals surface area contributed by atoms with Gasteiger partial charge in [0.25, 0.3) is 0 Å². The van der Waals surface area contributed by atoms with Crippen molar-refractivity contribution in [3.63, 3.8) is 0 Å². The van der Waals surface area contributed by atoms with Crippen LogP contribution in [-0.4, -0.2) is 6.54 Å². The number of hydrogen-bond acceptors (Lipinski definition) is 0. The lowest BCUT2D eigenvalue weighted by molar-refractivity contribution is 0.152. The molecule has 0 heterocycles. The first-order valence-electron chi connectivity index (χ1n) is 3.64. The van der Waals surface area contributed by atoms with E-state index in [0.717, 1.165) is 0 Å². The van der Waals surface area contributed by atoms with E-state index in [1.165, 1.54) is 0 Å². The van der Waals surface area contributed by atoms with Crippen LogP contribution in [0.4, 0.5) is 0 Å². The minimum atomic E-state index is 0.134. The molecule has 1 heteroatoms. The van der Waals surface area contributed by atoms with Crippen molar-refractivity contribution in [1.29, 1.82) is 0 Å². The van der Waals surface area contributed by atoms with E-state index in [4.69, 9.17) is 6.57 Å². The van der Waals surface area contributed by atoms with Gasteiger partial charge in [0.15, 0.2) is 0 Å². The van der Waals surface area contributed by atoms with Crippen molar-refractivity contribution in [2.24, 2.45) is 10.8 Å². The van der Waals surface area contributed by atoms with Gasteiger partial charge in [0, 0.05) is 5.41 Å². The van der Waals surface area contributed by atoms with E-state index < -0.39 is 0 Å². The highest BCUT2D eigenvalue weighted by molar-refractivity contribution is 4.88. The molecule has 0 aromatic rings. The maximum absolute atomic E-state index is 6.76. The SMILES string of the molecule is [C-]#[N+]CC(C)(C)C(C)(C)C. The molecule has 0 aromatic heterocycles. The Hall–Kier alpha value is -0.510. The second-order valence-electron chi connectivity index (χ2n) is 4.45. The Kier molecular flexibility index (Phi) is 2.48. The molecule has 0 atom stereocenters. The number of hydrogen-bond donors (Lipinski definition) is 0. The van der Waals surface area contributed by atoms with Gasteiger partial charge in [-0.1, -0.05) is 34.6 Å². The Morgan fingerprint density at radius 2 is 1.50 bits per heavy atom. The highest BCUT2D eigenvalue weighted by Crippen LogP contribution is 2.37. The van der Waals surface area contributed by atoms with Crippen LogP contribution in [0.15, 0.2) is 0 Å². The van der Waals surface area contributed by atoms with Crippen LogP contribution in [0.1, 0.15) is 34.6 Å². The van der Waals surface area contributed by atoms with E-state index in [0.29, 0.717) is 6.54 Å². The molecule has 0 fully saturated rings. The summed E-state index contributed by atoms with van der Waals surface area (Å²) in [5, 5.41) is 0. The maximum Gasteiger partial charge on any atom is 0.220 e.